The van der Waals surface area contributed by atoms with E-state index in [-0.39, 0.29) is 5.92 Å². The minimum Gasteiger partial charge on any atom is -0.462 e. The normalized spacial score (nSPS) is 46.6. The first kappa shape index (κ1) is 17.1. The van der Waals surface area contributed by atoms with Gasteiger partial charge in [-0.25, -0.2) is 0 Å². The molecule has 2 fully saturated rings. The summed E-state index contributed by atoms with van der Waals surface area (Å²) in [5.41, 5.74) is -2.93. The van der Waals surface area contributed by atoms with Crippen molar-refractivity contribution in [3.8, 4) is 0 Å². The molecular formula is C17H26O5. The summed E-state index contributed by atoms with van der Waals surface area (Å²) in [6, 6.07) is 0. The lowest BCUT2D eigenvalue weighted by Crippen LogP contribution is -2.63. The average Bonchev–Trinajstić information content (AvgIpc) is 2.52. The van der Waals surface area contributed by atoms with Crippen molar-refractivity contribution in [3.63, 3.8) is 0 Å². The van der Waals surface area contributed by atoms with Gasteiger partial charge in [-0.3, -0.25) is 4.79 Å². The van der Waals surface area contributed by atoms with Crippen molar-refractivity contribution >= 4 is 18.5 Å². The Morgan fingerprint density at radius 2 is 1.86 bits per heavy atom. The molecule has 5 nitrogen and oxygen atoms in total. The van der Waals surface area contributed by atoms with Gasteiger partial charge in [-0.1, -0.05) is 27.7 Å². The maximum atomic E-state index is 11.8. The van der Waals surface area contributed by atoms with Crippen LogP contribution in [-0.4, -0.2) is 35.4 Å². The van der Waals surface area contributed by atoms with Crippen LogP contribution in [0.15, 0.2) is 0 Å². The van der Waals surface area contributed by atoms with E-state index in [1.165, 1.54) is 6.92 Å². The molecule has 2 aliphatic carbocycles. The van der Waals surface area contributed by atoms with Crippen LogP contribution in [0.5, 0.6) is 0 Å². The smallest absolute Gasteiger partial charge is 0.302 e. The molecule has 1 unspecified atom stereocenters. The van der Waals surface area contributed by atoms with Crippen LogP contribution >= 0.6 is 0 Å². The van der Waals surface area contributed by atoms with Gasteiger partial charge in [-0.05, 0) is 24.2 Å². The van der Waals surface area contributed by atoms with Gasteiger partial charge < -0.3 is 19.4 Å². The summed E-state index contributed by atoms with van der Waals surface area (Å²) in [5.74, 6) is -1.64. The Hall–Kier alpha value is -1.23. The zero-order valence-electron chi connectivity index (χ0n) is 14.0. The van der Waals surface area contributed by atoms with Crippen molar-refractivity contribution in [1.82, 2.24) is 0 Å². The van der Waals surface area contributed by atoms with Gasteiger partial charge in [0.15, 0.2) is 0 Å². The molecule has 5 heteroatoms. The van der Waals surface area contributed by atoms with Gasteiger partial charge in [0.2, 0.25) is 0 Å². The highest BCUT2D eigenvalue weighted by molar-refractivity contribution is 5.69. The Labute approximate surface area is 131 Å². The molecule has 22 heavy (non-hydrogen) atoms. The molecule has 0 amide bonds. The fraction of sp³-hybridized carbons (Fsp3) is 0.824. The zero-order chi connectivity index (χ0) is 16.9. The van der Waals surface area contributed by atoms with Crippen molar-refractivity contribution in [2.45, 2.75) is 59.2 Å². The fourth-order valence-electron chi connectivity index (χ4n) is 5.31. The first-order valence-corrected chi connectivity index (χ1v) is 7.84. The molecule has 6 atom stereocenters. The minimum absolute atomic E-state index is 0.156. The second-order valence-corrected chi connectivity index (χ2v) is 8.03. The number of carbonyl (C=O) groups is 3. The Kier molecular flexibility index (Phi) is 4.01. The number of aliphatic hydroxyl groups is 1. The van der Waals surface area contributed by atoms with Crippen LogP contribution < -0.4 is 0 Å². The first-order valence-electron chi connectivity index (χ1n) is 7.84. The molecule has 0 aromatic rings. The van der Waals surface area contributed by atoms with Crippen molar-refractivity contribution < 1.29 is 24.2 Å². The lowest BCUT2D eigenvalue weighted by molar-refractivity contribution is -0.204. The molecule has 0 heterocycles. The van der Waals surface area contributed by atoms with E-state index in [0.717, 1.165) is 12.6 Å². The van der Waals surface area contributed by atoms with Crippen molar-refractivity contribution in [2.24, 2.45) is 28.6 Å². The number of carbonyl (C=O) groups excluding carboxylic acids is 3. The molecule has 1 N–H and O–H groups in total. The molecule has 0 spiro atoms. The van der Waals surface area contributed by atoms with Crippen LogP contribution in [-0.2, 0) is 19.1 Å². The topological polar surface area (TPSA) is 80.7 Å². The first-order chi connectivity index (χ1) is 10.0. The lowest BCUT2D eigenvalue weighted by atomic mass is 9.56. The van der Waals surface area contributed by atoms with Gasteiger partial charge in [-0.15, -0.1) is 0 Å². The van der Waals surface area contributed by atoms with Crippen LogP contribution in [0.4, 0.5) is 0 Å². The molecule has 2 aliphatic rings. The largest absolute Gasteiger partial charge is 0.462 e. The Morgan fingerprint density at radius 1 is 1.27 bits per heavy atom. The second kappa shape index (κ2) is 5.15. The van der Waals surface area contributed by atoms with Gasteiger partial charge in [0.05, 0.1) is 11.0 Å². The van der Waals surface area contributed by atoms with E-state index in [9.17, 15) is 19.5 Å². The van der Waals surface area contributed by atoms with Crippen molar-refractivity contribution in [1.29, 1.82) is 0 Å². The van der Waals surface area contributed by atoms with Gasteiger partial charge in [0, 0.05) is 18.8 Å². The predicted molar refractivity (Wildman–Crippen MR) is 79.9 cm³/mol. The standard InChI is InChI=1S/C17H26O5/c1-10-6-13(22-11(2)20)14-15(3,4)8-16(5,9-19)17(14,21)12(10)7-18/h7,9-10,12-14,21H,6,8H2,1-5H3/t10-,12+,13?,14+,16-,17-/m1/s1. The summed E-state index contributed by atoms with van der Waals surface area (Å²) < 4.78 is 5.48. The zero-order valence-corrected chi connectivity index (χ0v) is 14.0. The van der Waals surface area contributed by atoms with Crippen molar-refractivity contribution in [2.75, 3.05) is 0 Å². The van der Waals surface area contributed by atoms with Crippen LogP contribution in [0.25, 0.3) is 0 Å². The van der Waals surface area contributed by atoms with Crippen LogP contribution in [0.3, 0.4) is 0 Å². The number of aldehydes is 2. The molecule has 0 bridgehead atoms. The number of ether oxygens (including phenoxy) is 1. The molecule has 0 aromatic heterocycles. The van der Waals surface area contributed by atoms with E-state index in [0.29, 0.717) is 12.8 Å². The van der Waals surface area contributed by atoms with Gasteiger partial charge >= 0.3 is 5.97 Å². The molecule has 0 saturated heterocycles. The quantitative estimate of drug-likeness (QED) is 0.634. The average molecular weight is 310 g/mol. The Morgan fingerprint density at radius 3 is 2.32 bits per heavy atom. The maximum absolute atomic E-state index is 11.8. The van der Waals surface area contributed by atoms with Crippen LogP contribution in [0, 0.1) is 28.6 Å². The van der Waals surface area contributed by atoms with E-state index < -0.39 is 40.3 Å². The predicted octanol–water partition coefficient (Wildman–Crippen LogP) is 1.76. The third-order valence-corrected chi connectivity index (χ3v) is 5.87. The highest BCUT2D eigenvalue weighted by atomic mass is 16.5. The maximum Gasteiger partial charge on any atom is 0.302 e. The van der Waals surface area contributed by atoms with E-state index in [4.69, 9.17) is 4.74 Å². The number of hydrogen-bond acceptors (Lipinski definition) is 5. The fourth-order valence-corrected chi connectivity index (χ4v) is 5.31. The monoisotopic (exact) mass is 310 g/mol. The molecule has 0 aliphatic heterocycles. The number of rotatable bonds is 3. The summed E-state index contributed by atoms with van der Waals surface area (Å²) in [5, 5.41) is 11.5. The van der Waals surface area contributed by atoms with Gasteiger partial charge in [0.25, 0.3) is 0 Å². The molecule has 2 saturated carbocycles. The number of esters is 1. The minimum atomic E-state index is -1.49. The molecule has 2 rings (SSSR count). The van der Waals surface area contributed by atoms with Gasteiger partial charge in [-0.2, -0.15) is 0 Å². The summed E-state index contributed by atoms with van der Waals surface area (Å²) in [4.78, 5) is 34.9. The molecule has 0 radical (unpaired) electrons. The third kappa shape index (κ3) is 2.13. The van der Waals surface area contributed by atoms with Crippen molar-refractivity contribution in [3.05, 3.63) is 0 Å². The van der Waals surface area contributed by atoms with Gasteiger partial charge in [0.1, 0.15) is 18.7 Å². The molecule has 0 aromatic carbocycles. The second-order valence-electron chi connectivity index (χ2n) is 8.03. The highest BCUT2D eigenvalue weighted by Gasteiger charge is 2.72. The van der Waals surface area contributed by atoms with Crippen LogP contribution in [0.1, 0.15) is 47.5 Å². The van der Waals surface area contributed by atoms with E-state index in [1.807, 2.05) is 20.8 Å². The van der Waals surface area contributed by atoms with E-state index >= 15 is 0 Å². The highest BCUT2D eigenvalue weighted by Crippen LogP contribution is 2.65. The Bertz CT molecular complexity index is 499. The summed E-state index contributed by atoms with van der Waals surface area (Å²) in [6.07, 6.45) is 2.04. The molecular weight excluding hydrogens is 284 g/mol. The summed E-state index contributed by atoms with van der Waals surface area (Å²) in [7, 11) is 0. The SMILES string of the molecule is CC(=O)OC1C[C@@H](C)[C@H](C=O)[C@@]2(O)[C@@H]1C(C)(C)C[C@]2(C)C=O. The molecule has 124 valence electrons. The summed E-state index contributed by atoms with van der Waals surface area (Å²) in [6.45, 7) is 8.84. The van der Waals surface area contributed by atoms with Crippen LogP contribution in [0.2, 0.25) is 0 Å². The number of fused-ring (bicyclic) bond motifs is 1. The lowest BCUT2D eigenvalue weighted by Gasteiger charge is -2.53. The number of hydrogen-bond donors (Lipinski definition) is 1. The summed E-state index contributed by atoms with van der Waals surface area (Å²) >= 11 is 0. The van der Waals surface area contributed by atoms with E-state index in [1.54, 1.807) is 6.92 Å². The third-order valence-electron chi connectivity index (χ3n) is 5.87. The Balaban J connectivity index is 2.61. The van der Waals surface area contributed by atoms with E-state index in [2.05, 4.69) is 0 Å².